The summed E-state index contributed by atoms with van der Waals surface area (Å²) in [6, 6.07) is 11.0. The molecule has 0 amide bonds. The number of carboxylic acids is 1. The summed E-state index contributed by atoms with van der Waals surface area (Å²) < 4.78 is 1.46. The fourth-order valence-corrected chi connectivity index (χ4v) is 4.35. The van der Waals surface area contributed by atoms with Crippen molar-refractivity contribution in [1.29, 1.82) is 0 Å². The highest BCUT2D eigenvalue weighted by molar-refractivity contribution is 5.95. The first-order valence-corrected chi connectivity index (χ1v) is 10.7. The molecule has 3 N–H and O–H groups in total. The van der Waals surface area contributed by atoms with Crippen LogP contribution in [0.15, 0.2) is 69.1 Å². The number of rotatable bonds is 5. The first-order valence-electron chi connectivity index (χ1n) is 10.7. The molecule has 33 heavy (non-hydrogen) atoms. The quantitative estimate of drug-likeness (QED) is 0.488. The molecule has 8 heteroatoms. The van der Waals surface area contributed by atoms with Gasteiger partial charge in [0.15, 0.2) is 11.4 Å². The van der Waals surface area contributed by atoms with E-state index < -0.39 is 5.97 Å². The van der Waals surface area contributed by atoms with Gasteiger partial charge in [0.05, 0.1) is 11.4 Å². The third kappa shape index (κ3) is 3.69. The van der Waals surface area contributed by atoms with E-state index in [9.17, 15) is 14.7 Å². The Morgan fingerprint density at radius 2 is 1.94 bits per heavy atom. The number of aromatic hydroxyl groups is 1. The van der Waals surface area contributed by atoms with E-state index in [0.717, 1.165) is 24.9 Å². The molecule has 0 saturated carbocycles. The third-order valence-electron chi connectivity index (χ3n) is 6.11. The molecule has 0 spiro atoms. The first-order chi connectivity index (χ1) is 15.9. The van der Waals surface area contributed by atoms with Crippen LogP contribution in [0.25, 0.3) is 11.3 Å². The van der Waals surface area contributed by atoms with Crippen LogP contribution >= 0.6 is 0 Å². The zero-order valence-electron chi connectivity index (χ0n) is 18.0. The number of carboxylic acid groups (broad SMARTS) is 1. The number of nitrogens with zero attached hydrogens (tertiary/aromatic N) is 3. The minimum atomic E-state index is -0.987. The number of carbonyl (C=O) groups is 1. The summed E-state index contributed by atoms with van der Waals surface area (Å²) in [6.45, 7) is 1.75. The third-order valence-corrected chi connectivity index (χ3v) is 6.11. The van der Waals surface area contributed by atoms with Gasteiger partial charge in [-0.15, -0.1) is 10.2 Å². The van der Waals surface area contributed by atoms with E-state index in [1.54, 1.807) is 31.2 Å². The Labute approximate surface area is 189 Å². The Morgan fingerprint density at radius 1 is 1.12 bits per heavy atom. The lowest BCUT2D eigenvalue weighted by atomic mass is 10.0. The van der Waals surface area contributed by atoms with Gasteiger partial charge in [-0.1, -0.05) is 24.3 Å². The van der Waals surface area contributed by atoms with Crippen molar-refractivity contribution in [3.63, 3.8) is 0 Å². The number of aryl methyl sites for hydroxylation is 3. The maximum absolute atomic E-state index is 13.0. The smallest absolute Gasteiger partial charge is 0.331 e. The number of benzene rings is 2. The molecule has 166 valence electrons. The molecular formula is C25H22N4O4. The Kier molecular flexibility index (Phi) is 5.05. The minimum absolute atomic E-state index is 0.123. The van der Waals surface area contributed by atoms with E-state index in [0.29, 0.717) is 23.3 Å². The van der Waals surface area contributed by atoms with Crippen LogP contribution in [0.5, 0.6) is 5.75 Å². The van der Waals surface area contributed by atoms with Gasteiger partial charge in [0.25, 0.3) is 5.56 Å². The fourth-order valence-electron chi connectivity index (χ4n) is 4.35. The van der Waals surface area contributed by atoms with Crippen molar-refractivity contribution >= 4 is 22.9 Å². The van der Waals surface area contributed by atoms with Crippen LogP contribution in [0.1, 0.15) is 35.2 Å². The van der Waals surface area contributed by atoms with Crippen molar-refractivity contribution in [2.24, 2.45) is 10.2 Å². The number of phenolic OH excluding ortho intramolecular Hbond substituents is 1. The van der Waals surface area contributed by atoms with Gasteiger partial charge in [-0.05, 0) is 73.6 Å². The van der Waals surface area contributed by atoms with Crippen LogP contribution in [0, 0.1) is 6.92 Å². The number of H-pyrrole nitrogens is 1. The van der Waals surface area contributed by atoms with Gasteiger partial charge in [0.1, 0.15) is 5.69 Å². The highest BCUT2D eigenvalue weighted by Crippen LogP contribution is 2.38. The topological polar surface area (TPSA) is 120 Å². The number of phenols is 1. The van der Waals surface area contributed by atoms with E-state index in [2.05, 4.69) is 21.4 Å². The summed E-state index contributed by atoms with van der Waals surface area (Å²) in [5.41, 5.74) is 5.26. The van der Waals surface area contributed by atoms with Crippen LogP contribution < -0.4 is 5.56 Å². The molecule has 2 aliphatic carbocycles. The molecule has 0 bridgehead atoms. The van der Waals surface area contributed by atoms with Crippen molar-refractivity contribution in [1.82, 2.24) is 9.78 Å². The molecule has 2 aromatic carbocycles. The molecule has 5 rings (SSSR count). The second-order valence-corrected chi connectivity index (χ2v) is 8.24. The summed E-state index contributed by atoms with van der Waals surface area (Å²) in [7, 11) is 0. The summed E-state index contributed by atoms with van der Waals surface area (Å²) in [5.74, 6) is -1.11. The van der Waals surface area contributed by atoms with Crippen molar-refractivity contribution < 1.29 is 15.0 Å². The van der Waals surface area contributed by atoms with Crippen molar-refractivity contribution in [2.75, 3.05) is 0 Å². The van der Waals surface area contributed by atoms with Crippen molar-refractivity contribution in [3.05, 3.63) is 86.9 Å². The molecule has 1 aromatic heterocycles. The second-order valence-electron chi connectivity index (χ2n) is 8.24. The van der Waals surface area contributed by atoms with Gasteiger partial charge in [-0.3, -0.25) is 9.89 Å². The normalized spacial score (nSPS) is 15.1. The summed E-state index contributed by atoms with van der Waals surface area (Å²) in [5, 5.41) is 31.2. The van der Waals surface area contributed by atoms with Crippen LogP contribution in [0.4, 0.5) is 11.4 Å². The number of fused-ring (bicyclic) bond motifs is 1. The molecule has 2 aliphatic rings. The zero-order chi connectivity index (χ0) is 23.1. The number of aliphatic carboxylic acids is 1. The van der Waals surface area contributed by atoms with Gasteiger partial charge in [-0.25, -0.2) is 9.48 Å². The van der Waals surface area contributed by atoms with E-state index in [-0.39, 0.29) is 28.3 Å². The standard InChI is InChI=1S/C25H22N4O4/c1-14-22(24(31)29(28-14)19-11-10-15-4-2-5-16(15)13-19)27-26-21-7-3-6-20(23(21)30)17-8-9-18(12-17)25(32)33/h3,6-8,10-13,28,30H,2,4-5,9H2,1H3,(H,32,33). The van der Waals surface area contributed by atoms with E-state index >= 15 is 0 Å². The number of allylic oxidation sites excluding steroid dienone is 3. The van der Waals surface area contributed by atoms with Gasteiger partial charge in [-0.2, -0.15) is 0 Å². The van der Waals surface area contributed by atoms with E-state index in [1.807, 2.05) is 12.1 Å². The van der Waals surface area contributed by atoms with Crippen molar-refractivity contribution in [2.45, 2.75) is 32.6 Å². The molecule has 0 fully saturated rings. The Morgan fingerprint density at radius 3 is 2.73 bits per heavy atom. The molecule has 0 atom stereocenters. The number of aromatic nitrogens is 2. The highest BCUT2D eigenvalue weighted by Gasteiger charge is 2.19. The number of para-hydroxylation sites is 1. The summed E-state index contributed by atoms with van der Waals surface area (Å²) in [6.07, 6.45) is 6.78. The fraction of sp³-hybridized carbons (Fsp3) is 0.200. The second kappa shape index (κ2) is 8.05. The minimum Gasteiger partial charge on any atom is -0.505 e. The van der Waals surface area contributed by atoms with Crippen LogP contribution in [-0.2, 0) is 17.6 Å². The number of aromatic amines is 1. The molecule has 3 aromatic rings. The summed E-state index contributed by atoms with van der Waals surface area (Å²) >= 11 is 0. The lowest BCUT2D eigenvalue weighted by molar-refractivity contribution is -0.132. The van der Waals surface area contributed by atoms with E-state index in [4.69, 9.17) is 5.11 Å². The molecule has 8 nitrogen and oxygen atoms in total. The predicted octanol–water partition coefficient (Wildman–Crippen LogP) is 4.88. The highest BCUT2D eigenvalue weighted by atomic mass is 16.4. The molecule has 0 unspecified atom stereocenters. The summed E-state index contributed by atoms with van der Waals surface area (Å²) in [4.78, 5) is 24.2. The van der Waals surface area contributed by atoms with Crippen molar-refractivity contribution in [3.8, 4) is 11.4 Å². The number of hydrogen-bond donors (Lipinski definition) is 3. The van der Waals surface area contributed by atoms with Crippen LogP contribution in [0.2, 0.25) is 0 Å². The maximum atomic E-state index is 13.0. The van der Waals surface area contributed by atoms with Crippen LogP contribution in [-0.4, -0.2) is 26.0 Å². The SMILES string of the molecule is Cc1[nH]n(-c2ccc3c(c2)CCC3)c(=O)c1N=Nc1cccc(C2=CCC(C(=O)O)=C2)c1O. The Balaban J connectivity index is 1.46. The van der Waals surface area contributed by atoms with Gasteiger partial charge >= 0.3 is 5.97 Å². The lowest BCUT2D eigenvalue weighted by Gasteiger charge is -2.05. The van der Waals surface area contributed by atoms with E-state index in [1.165, 1.54) is 21.9 Å². The number of nitrogens with one attached hydrogen (secondary N) is 1. The largest absolute Gasteiger partial charge is 0.505 e. The molecule has 0 aliphatic heterocycles. The van der Waals surface area contributed by atoms with Gasteiger partial charge in [0.2, 0.25) is 0 Å². The number of azo groups is 1. The molecule has 0 saturated heterocycles. The number of hydrogen-bond acceptors (Lipinski definition) is 5. The maximum Gasteiger partial charge on any atom is 0.331 e. The molecule has 1 heterocycles. The van der Waals surface area contributed by atoms with Gasteiger partial charge in [0, 0.05) is 11.1 Å². The zero-order valence-corrected chi connectivity index (χ0v) is 18.0. The molecular weight excluding hydrogens is 420 g/mol. The predicted molar refractivity (Wildman–Crippen MR) is 124 cm³/mol. The molecule has 0 radical (unpaired) electrons. The Hall–Kier alpha value is -4.20. The average molecular weight is 442 g/mol. The lowest BCUT2D eigenvalue weighted by Crippen LogP contribution is -2.14. The van der Waals surface area contributed by atoms with Crippen LogP contribution in [0.3, 0.4) is 0 Å². The first kappa shape index (κ1) is 20.7. The van der Waals surface area contributed by atoms with Gasteiger partial charge < -0.3 is 10.2 Å². The monoisotopic (exact) mass is 442 g/mol. The average Bonchev–Trinajstić information content (AvgIpc) is 3.52. The Bertz CT molecular complexity index is 1440.